The van der Waals surface area contributed by atoms with Gasteiger partial charge in [0.05, 0.1) is 0 Å². The molecule has 3 saturated carbocycles. The van der Waals surface area contributed by atoms with Crippen molar-refractivity contribution in [2.75, 3.05) is 7.11 Å². The van der Waals surface area contributed by atoms with Gasteiger partial charge >= 0.3 is 214 Å². The second kappa shape index (κ2) is 8.29. The predicted molar refractivity (Wildman–Crippen MR) is 140 cm³/mol. The van der Waals surface area contributed by atoms with Gasteiger partial charge in [-0.25, -0.2) is 0 Å². The number of carbonyl (C=O) groups is 2. The van der Waals surface area contributed by atoms with Gasteiger partial charge in [-0.3, -0.25) is 0 Å². The number of Topliss-reactive ketones (excluding diaryl/α,β-unsaturated/α-hetero) is 1. The van der Waals surface area contributed by atoms with Gasteiger partial charge in [0.15, 0.2) is 0 Å². The molecule has 3 fully saturated rings. The third-order valence-electron chi connectivity index (χ3n) is 9.74. The van der Waals surface area contributed by atoms with Crippen LogP contribution in [0, 0.1) is 28.6 Å². The van der Waals surface area contributed by atoms with Crippen LogP contribution in [-0.2, 0) is 18.8 Å². The van der Waals surface area contributed by atoms with Crippen LogP contribution in [0.5, 0.6) is 0 Å². The van der Waals surface area contributed by atoms with E-state index < -0.39 is 12.6 Å². The average molecular weight is 550 g/mol. The molecule has 3 aliphatic carbocycles. The van der Waals surface area contributed by atoms with Gasteiger partial charge < -0.3 is 0 Å². The first-order chi connectivity index (χ1) is 15.6. The van der Waals surface area contributed by atoms with Gasteiger partial charge in [0.2, 0.25) is 0 Å². The molecule has 4 nitrogen and oxygen atoms in total. The summed E-state index contributed by atoms with van der Waals surface area (Å²) in [5, 5.41) is 0.103. The van der Waals surface area contributed by atoms with Crippen LogP contribution >= 0.6 is 0 Å². The van der Waals surface area contributed by atoms with E-state index >= 15 is 0 Å². The van der Waals surface area contributed by atoms with Crippen LogP contribution < -0.4 is 4.46 Å². The fraction of sp³-hybridized carbons (Fsp3) is 0.714. The first-order valence-corrected chi connectivity index (χ1v) is 17.3. The summed E-state index contributed by atoms with van der Waals surface area (Å²) < 4.78 is 12.6. The molecule has 0 amide bonds. The Hall–Kier alpha value is -0.944. The third-order valence-corrected chi connectivity index (χ3v) is 17.3. The van der Waals surface area contributed by atoms with Crippen LogP contribution in [0.25, 0.3) is 0 Å². The van der Waals surface area contributed by atoms with E-state index in [-0.39, 0.29) is 66.4 Å². The van der Waals surface area contributed by atoms with Crippen molar-refractivity contribution in [1.82, 2.24) is 0 Å². The number of esters is 1. The molecule has 188 valence electrons. The summed E-state index contributed by atoms with van der Waals surface area (Å²) in [6, 6.07) is 10.1. The third kappa shape index (κ3) is 3.70. The van der Waals surface area contributed by atoms with E-state index in [2.05, 4.69) is 66.8 Å². The molecule has 0 saturated heterocycles. The molecule has 0 radical (unpaired) electrons. The van der Waals surface area contributed by atoms with Crippen molar-refractivity contribution in [2.24, 2.45) is 28.6 Å². The van der Waals surface area contributed by atoms with E-state index in [1.165, 1.54) is 7.11 Å². The summed E-state index contributed by atoms with van der Waals surface area (Å²) in [6.07, 6.45) is 2.77. The molecule has 34 heavy (non-hydrogen) atoms. The molecule has 0 spiro atoms. The van der Waals surface area contributed by atoms with Crippen molar-refractivity contribution in [1.29, 1.82) is 0 Å². The normalized spacial score (nSPS) is 36.9. The summed E-state index contributed by atoms with van der Waals surface area (Å²) in [5.74, 6) is -0.170. The second-order valence-electron chi connectivity index (χ2n) is 13.2. The standard InChI is InChI=1S/C28H42O4SeSi/c1-25(2,3)34(8,9)32-23-21-19(17-26(23,4)5)22(29)28(24(30)31-7,20-15-16-27(20,21)6)33-18-13-11-10-12-14-18/h10-14,19-21,23H,15-17H2,1-9H3/t19-,20-,21-,23+,27+,28?/m1/s1. The van der Waals surface area contributed by atoms with Crippen LogP contribution in [0.4, 0.5) is 0 Å². The van der Waals surface area contributed by atoms with E-state index in [0.29, 0.717) is 0 Å². The van der Waals surface area contributed by atoms with Crippen molar-refractivity contribution < 1.29 is 18.8 Å². The van der Waals surface area contributed by atoms with Crippen LogP contribution in [0.2, 0.25) is 22.4 Å². The van der Waals surface area contributed by atoms with Gasteiger partial charge in [0, 0.05) is 0 Å². The maximum atomic E-state index is 14.5. The van der Waals surface area contributed by atoms with Crippen molar-refractivity contribution in [2.45, 2.75) is 89.4 Å². The zero-order valence-electron chi connectivity index (χ0n) is 22.4. The number of fused-ring (bicyclic) bond motifs is 3. The Morgan fingerprint density at radius 3 is 2.24 bits per heavy atom. The fourth-order valence-electron chi connectivity index (χ4n) is 6.78. The van der Waals surface area contributed by atoms with Crippen molar-refractivity contribution in [3.8, 4) is 0 Å². The van der Waals surface area contributed by atoms with Crippen LogP contribution in [0.15, 0.2) is 30.3 Å². The molecule has 0 aromatic heterocycles. The number of methoxy groups -OCH3 is 1. The minimum atomic E-state index is -2.04. The van der Waals surface area contributed by atoms with Crippen molar-refractivity contribution in [3.63, 3.8) is 0 Å². The SMILES string of the molecule is COC(=O)C1([Se]c2ccccc2)C(=O)[C@@H]2CC(C)(C)[C@@H](O[Si](C)(C)C(C)(C)C)[C@@H]2[C@@]2(C)CC[C@@H]12. The number of carbonyl (C=O) groups excluding carboxylic acids is 2. The summed E-state index contributed by atoms with van der Waals surface area (Å²) in [4.78, 5) is 28.1. The molecular weight excluding hydrogens is 507 g/mol. The van der Waals surface area contributed by atoms with Gasteiger partial charge in [0.25, 0.3) is 0 Å². The van der Waals surface area contributed by atoms with Gasteiger partial charge in [-0.05, 0) is 0 Å². The zero-order valence-corrected chi connectivity index (χ0v) is 25.1. The van der Waals surface area contributed by atoms with E-state index in [0.717, 1.165) is 23.7 Å². The Balaban J connectivity index is 1.81. The average Bonchev–Trinajstić information content (AvgIpc) is 3.00. The van der Waals surface area contributed by atoms with Gasteiger partial charge in [-0.1, -0.05) is 0 Å². The van der Waals surface area contributed by atoms with E-state index in [4.69, 9.17) is 9.16 Å². The fourth-order valence-corrected chi connectivity index (χ4v) is 11.6. The Bertz CT molecular complexity index is 968. The molecule has 1 unspecified atom stereocenters. The summed E-state index contributed by atoms with van der Waals surface area (Å²) >= 11 is -0.321. The number of hydrogen-bond acceptors (Lipinski definition) is 4. The van der Waals surface area contributed by atoms with Crippen LogP contribution in [0.3, 0.4) is 0 Å². The van der Waals surface area contributed by atoms with Gasteiger partial charge in [-0.15, -0.1) is 0 Å². The van der Waals surface area contributed by atoms with Gasteiger partial charge in [-0.2, -0.15) is 0 Å². The molecular formula is C28H42O4SeSi. The second-order valence-corrected chi connectivity index (χ2v) is 20.8. The van der Waals surface area contributed by atoms with Crippen molar-refractivity contribution in [3.05, 3.63) is 30.3 Å². The first kappa shape index (κ1) is 26.1. The molecule has 0 N–H and O–H groups in total. The summed E-state index contributed by atoms with van der Waals surface area (Å²) in [7, 11) is -0.595. The van der Waals surface area contributed by atoms with E-state index in [1.54, 1.807) is 0 Å². The van der Waals surface area contributed by atoms with E-state index in [9.17, 15) is 9.59 Å². The predicted octanol–water partition coefficient (Wildman–Crippen LogP) is 5.40. The maximum absolute atomic E-state index is 14.5. The number of rotatable bonds is 5. The zero-order chi connectivity index (χ0) is 25.3. The molecule has 0 heterocycles. The molecule has 1 aromatic carbocycles. The Labute approximate surface area is 213 Å². The molecule has 0 bridgehead atoms. The molecule has 3 aliphatic rings. The quantitative estimate of drug-likeness (QED) is 0.281. The van der Waals surface area contributed by atoms with Crippen LogP contribution in [-0.4, -0.2) is 48.2 Å². The molecule has 6 heteroatoms. The molecule has 6 atom stereocenters. The molecule has 0 aliphatic heterocycles. The van der Waals surface area contributed by atoms with Crippen molar-refractivity contribution >= 4 is 39.5 Å². The minimum absolute atomic E-state index is 0.0146. The monoisotopic (exact) mass is 550 g/mol. The number of hydrogen-bond donors (Lipinski definition) is 0. The van der Waals surface area contributed by atoms with Gasteiger partial charge in [0.1, 0.15) is 0 Å². The first-order valence-electron chi connectivity index (χ1n) is 12.7. The Kier molecular flexibility index (Phi) is 6.37. The summed E-state index contributed by atoms with van der Waals surface area (Å²) in [5.41, 5.74) is -0.209. The summed E-state index contributed by atoms with van der Waals surface area (Å²) in [6.45, 7) is 18.4. The number of ketones is 1. The molecule has 4 rings (SSSR count). The Morgan fingerprint density at radius 1 is 1.12 bits per heavy atom. The van der Waals surface area contributed by atoms with Crippen LogP contribution in [0.1, 0.15) is 60.8 Å². The van der Waals surface area contributed by atoms with E-state index in [1.807, 2.05) is 18.2 Å². The number of benzene rings is 1. The Morgan fingerprint density at radius 2 is 1.74 bits per heavy atom. The molecule has 1 aromatic rings. The topological polar surface area (TPSA) is 52.6 Å². The number of ether oxygens (including phenoxy) is 1.